The van der Waals surface area contributed by atoms with Crippen LogP contribution in [0.15, 0.2) is 77.4 Å². The molecule has 1 atom stereocenters. The van der Waals surface area contributed by atoms with E-state index in [9.17, 15) is 20.0 Å². The van der Waals surface area contributed by atoms with E-state index in [2.05, 4.69) is 16.0 Å². The molecule has 6 rings (SSSR count). The molecule has 2 aromatic heterocycles. The number of piperidine rings is 1. The van der Waals surface area contributed by atoms with Gasteiger partial charge in [-0.25, -0.2) is 14.8 Å². The third-order valence-electron chi connectivity index (χ3n) is 8.33. The molecule has 44 heavy (non-hydrogen) atoms. The molecule has 4 aromatic rings. The predicted molar refractivity (Wildman–Crippen MR) is 164 cm³/mol. The summed E-state index contributed by atoms with van der Waals surface area (Å²) < 4.78 is 8.98. The lowest BCUT2D eigenvalue weighted by Crippen LogP contribution is -2.59. The van der Waals surface area contributed by atoms with Crippen LogP contribution in [0.2, 0.25) is 0 Å². The molecular formula is C32H34N8O4. The summed E-state index contributed by atoms with van der Waals surface area (Å²) in [5, 5.41) is 19.6. The number of ether oxygens (including phenoxy) is 1. The molecular weight excluding hydrogens is 560 g/mol. The lowest BCUT2D eigenvalue weighted by Gasteiger charge is -2.46. The van der Waals surface area contributed by atoms with Crippen LogP contribution in [0.4, 0.5) is 5.82 Å². The number of para-hydroxylation sites is 1. The standard InChI is InChI=1S/C32H34N8O4/c1-32(2,38-18-24(41)19-38)15-21(16-33)30(42)37-14-6-7-23(17-37)40-29-27(28(34)35-20-36-29)39(31(40)43)22-10-12-26(13-11-22)44-25-8-4-3-5-9-25/h3-5,8-13,15,20,23-24,41H,6-7,14,17-19H2,1-2H3,(H2,34,35,36). The van der Waals surface area contributed by atoms with Crippen LogP contribution >= 0.6 is 0 Å². The Bertz CT molecular complexity index is 1820. The summed E-state index contributed by atoms with van der Waals surface area (Å²) >= 11 is 0. The SMILES string of the molecule is CC(C)(C=C(C#N)C(=O)N1CCCC(n2c(=O)n(-c3ccc(Oc4ccccc4)cc3)c3c(N)ncnc32)C1)N1CC(O)C1. The van der Waals surface area contributed by atoms with Crippen LogP contribution in [0.25, 0.3) is 16.9 Å². The Balaban J connectivity index is 1.30. The van der Waals surface area contributed by atoms with Gasteiger partial charge in [0.2, 0.25) is 0 Å². The maximum atomic E-state index is 14.1. The number of amides is 1. The number of carbonyl (C=O) groups is 1. The molecule has 0 radical (unpaired) electrons. The number of aliphatic hydroxyl groups is 1. The Kier molecular flexibility index (Phi) is 7.67. The van der Waals surface area contributed by atoms with Crippen LogP contribution in [0.3, 0.4) is 0 Å². The minimum absolute atomic E-state index is 0.0381. The molecule has 0 saturated carbocycles. The number of aliphatic hydroxyl groups excluding tert-OH is 1. The number of β-amino-alcohol motifs (C(OH)–C–C–N with tert-alkyl or cyclic N) is 1. The molecule has 3 N–H and O–H groups in total. The van der Waals surface area contributed by atoms with Gasteiger partial charge in [0.25, 0.3) is 5.91 Å². The first-order valence-electron chi connectivity index (χ1n) is 14.6. The fourth-order valence-electron chi connectivity index (χ4n) is 5.96. The Morgan fingerprint density at radius 1 is 1.09 bits per heavy atom. The molecule has 4 heterocycles. The third-order valence-corrected chi connectivity index (χ3v) is 8.33. The number of nitrogens with zero attached hydrogens (tertiary/aromatic N) is 7. The molecule has 226 valence electrons. The van der Waals surface area contributed by atoms with Crippen molar-refractivity contribution in [2.45, 2.75) is 44.4 Å². The first kappa shape index (κ1) is 29.1. The topological polar surface area (TPSA) is 156 Å². The van der Waals surface area contributed by atoms with Crippen molar-refractivity contribution in [3.05, 3.63) is 83.1 Å². The molecule has 2 aliphatic rings. The number of carbonyl (C=O) groups excluding carboxylic acids is 1. The Hall–Kier alpha value is -4.99. The van der Waals surface area contributed by atoms with Crippen molar-refractivity contribution < 1.29 is 14.6 Å². The maximum Gasteiger partial charge on any atom is 0.335 e. The summed E-state index contributed by atoms with van der Waals surface area (Å²) in [7, 11) is 0. The number of benzene rings is 2. The van der Waals surface area contributed by atoms with Gasteiger partial charge in [-0.1, -0.05) is 18.2 Å². The van der Waals surface area contributed by atoms with E-state index in [-0.39, 0.29) is 29.5 Å². The monoisotopic (exact) mass is 594 g/mol. The number of aromatic nitrogens is 4. The molecule has 0 aliphatic carbocycles. The molecule has 2 fully saturated rings. The largest absolute Gasteiger partial charge is 0.457 e. The van der Waals surface area contributed by atoms with Crippen molar-refractivity contribution >= 4 is 22.9 Å². The van der Waals surface area contributed by atoms with Crippen LogP contribution in [0.1, 0.15) is 32.7 Å². The van der Waals surface area contributed by atoms with Gasteiger partial charge in [0.05, 0.1) is 17.8 Å². The lowest BCUT2D eigenvalue weighted by molar-refractivity contribution is -0.128. The quantitative estimate of drug-likeness (QED) is 0.243. The highest BCUT2D eigenvalue weighted by Gasteiger charge is 2.37. The first-order chi connectivity index (χ1) is 21.2. The predicted octanol–water partition coefficient (Wildman–Crippen LogP) is 3.03. The van der Waals surface area contributed by atoms with Gasteiger partial charge >= 0.3 is 5.69 Å². The second kappa shape index (κ2) is 11.6. The number of hydrogen-bond acceptors (Lipinski definition) is 9. The van der Waals surface area contributed by atoms with Gasteiger partial charge in [0.1, 0.15) is 35.0 Å². The third kappa shape index (κ3) is 5.43. The molecule has 12 nitrogen and oxygen atoms in total. The van der Waals surface area contributed by atoms with Crippen LogP contribution < -0.4 is 16.2 Å². The highest BCUT2D eigenvalue weighted by molar-refractivity contribution is 5.97. The van der Waals surface area contributed by atoms with Gasteiger partial charge in [-0.3, -0.25) is 18.8 Å². The number of anilines is 1. The van der Waals surface area contributed by atoms with Crippen molar-refractivity contribution in [1.82, 2.24) is 28.9 Å². The van der Waals surface area contributed by atoms with Crippen LogP contribution in [-0.4, -0.2) is 77.7 Å². The zero-order valence-electron chi connectivity index (χ0n) is 24.6. The fraction of sp³-hybridized carbons (Fsp3) is 0.344. The minimum atomic E-state index is -0.574. The Morgan fingerprint density at radius 3 is 2.48 bits per heavy atom. The van der Waals surface area contributed by atoms with E-state index in [1.807, 2.05) is 49.1 Å². The minimum Gasteiger partial charge on any atom is -0.457 e. The highest BCUT2D eigenvalue weighted by Crippen LogP contribution is 2.30. The second-order valence-electron chi connectivity index (χ2n) is 11.8. The average molecular weight is 595 g/mol. The van der Waals surface area contributed by atoms with Gasteiger partial charge in [-0.2, -0.15) is 5.26 Å². The van der Waals surface area contributed by atoms with Crippen molar-refractivity contribution in [3.63, 3.8) is 0 Å². The fourth-order valence-corrected chi connectivity index (χ4v) is 5.96. The number of nitrogens with two attached hydrogens (primary N) is 1. The van der Waals surface area contributed by atoms with Crippen molar-refractivity contribution in [3.8, 4) is 23.3 Å². The number of rotatable bonds is 7. The molecule has 1 unspecified atom stereocenters. The van der Waals surface area contributed by atoms with Gasteiger partial charge < -0.3 is 20.5 Å². The summed E-state index contributed by atoms with van der Waals surface area (Å²) in [6.07, 6.45) is 3.88. The summed E-state index contributed by atoms with van der Waals surface area (Å²) in [6, 6.07) is 18.2. The smallest absolute Gasteiger partial charge is 0.335 e. The molecule has 2 aromatic carbocycles. The number of likely N-dealkylation sites (tertiary alicyclic amines) is 2. The van der Waals surface area contributed by atoms with Crippen molar-refractivity contribution in [2.24, 2.45) is 0 Å². The molecule has 1 amide bonds. The zero-order valence-corrected chi connectivity index (χ0v) is 24.6. The van der Waals surface area contributed by atoms with E-state index in [4.69, 9.17) is 10.5 Å². The number of imidazole rings is 1. The van der Waals surface area contributed by atoms with E-state index in [0.29, 0.717) is 60.8 Å². The van der Waals surface area contributed by atoms with Gasteiger partial charge in [0, 0.05) is 31.7 Å². The Morgan fingerprint density at radius 2 is 1.80 bits per heavy atom. The van der Waals surface area contributed by atoms with Gasteiger partial charge in [0.15, 0.2) is 11.5 Å². The van der Waals surface area contributed by atoms with Crippen LogP contribution in [0, 0.1) is 11.3 Å². The average Bonchev–Trinajstić information content (AvgIpc) is 3.31. The lowest BCUT2D eigenvalue weighted by atomic mass is 9.93. The molecule has 12 heteroatoms. The molecule has 0 bridgehead atoms. The van der Waals surface area contributed by atoms with Crippen molar-refractivity contribution in [1.29, 1.82) is 5.26 Å². The van der Waals surface area contributed by atoms with Gasteiger partial charge in [-0.15, -0.1) is 0 Å². The number of nitrogen functional groups attached to an aromatic ring is 1. The van der Waals surface area contributed by atoms with E-state index in [0.717, 1.165) is 0 Å². The summed E-state index contributed by atoms with van der Waals surface area (Å²) in [6.45, 7) is 5.51. The summed E-state index contributed by atoms with van der Waals surface area (Å²) in [5.41, 5.74) is 6.74. The van der Waals surface area contributed by atoms with E-state index < -0.39 is 17.7 Å². The van der Waals surface area contributed by atoms with Gasteiger partial charge in [-0.05, 0) is 69.2 Å². The second-order valence-corrected chi connectivity index (χ2v) is 11.8. The summed E-state index contributed by atoms with van der Waals surface area (Å²) in [4.78, 5) is 39.9. The number of hydrogen-bond donors (Lipinski definition) is 2. The van der Waals surface area contributed by atoms with E-state index in [1.54, 1.807) is 39.8 Å². The summed E-state index contributed by atoms with van der Waals surface area (Å²) in [5.74, 6) is 1.08. The van der Waals surface area contributed by atoms with E-state index in [1.165, 1.54) is 10.9 Å². The zero-order chi connectivity index (χ0) is 31.0. The normalized spacial score (nSPS) is 18.2. The van der Waals surface area contributed by atoms with Crippen LogP contribution in [-0.2, 0) is 4.79 Å². The first-order valence-corrected chi connectivity index (χ1v) is 14.6. The van der Waals surface area contributed by atoms with Crippen LogP contribution in [0.5, 0.6) is 11.5 Å². The number of nitriles is 1. The molecule has 2 saturated heterocycles. The number of fused-ring (bicyclic) bond motifs is 1. The molecule has 0 spiro atoms. The Labute approximate surface area is 254 Å². The molecule has 2 aliphatic heterocycles. The van der Waals surface area contributed by atoms with Crippen molar-refractivity contribution in [2.75, 3.05) is 31.9 Å². The maximum absolute atomic E-state index is 14.1. The highest BCUT2D eigenvalue weighted by atomic mass is 16.5. The van der Waals surface area contributed by atoms with E-state index >= 15 is 0 Å².